The third-order valence-electron chi connectivity index (χ3n) is 6.64. The fourth-order valence-electron chi connectivity index (χ4n) is 4.46. The molecule has 40 heavy (non-hydrogen) atoms. The van der Waals surface area contributed by atoms with Crippen molar-refractivity contribution in [3.8, 4) is 17.6 Å². The Hall–Kier alpha value is -4.76. The van der Waals surface area contributed by atoms with Crippen LogP contribution in [-0.2, 0) is 14.4 Å². The molecular weight excluding hydrogens is 522 g/mol. The van der Waals surface area contributed by atoms with Crippen molar-refractivity contribution < 1.29 is 43.7 Å². The molecule has 0 radical (unpaired) electrons. The van der Waals surface area contributed by atoms with Gasteiger partial charge >= 0.3 is 11.9 Å². The van der Waals surface area contributed by atoms with Crippen molar-refractivity contribution in [3.63, 3.8) is 0 Å². The van der Waals surface area contributed by atoms with Gasteiger partial charge in [0.2, 0.25) is 5.91 Å². The van der Waals surface area contributed by atoms with E-state index in [0.717, 1.165) is 0 Å². The quantitative estimate of drug-likeness (QED) is 0.264. The number of carboxylic acids is 2. The van der Waals surface area contributed by atoms with Crippen molar-refractivity contribution in [3.05, 3.63) is 59.2 Å². The molecule has 0 bridgehead atoms. The molecule has 1 fully saturated rings. The first-order valence-electron chi connectivity index (χ1n) is 12.5. The third kappa shape index (κ3) is 8.12. The number of nitriles is 1. The predicted octanol–water partition coefficient (Wildman–Crippen LogP) is 1.80. The van der Waals surface area contributed by atoms with Crippen LogP contribution in [0.2, 0.25) is 0 Å². The number of carboxylic acid groups (broad SMARTS) is 2. The summed E-state index contributed by atoms with van der Waals surface area (Å²) in [6.45, 7) is -1.74. The number of Topliss-reactive ketones (excluding diaryl/α,β-unsaturated/α-hetero) is 2. The van der Waals surface area contributed by atoms with Gasteiger partial charge in [0.15, 0.2) is 36.3 Å². The van der Waals surface area contributed by atoms with Gasteiger partial charge in [0.05, 0.1) is 24.2 Å². The number of ether oxygens (including phenoxy) is 2. The van der Waals surface area contributed by atoms with E-state index in [1.165, 1.54) is 18.2 Å². The van der Waals surface area contributed by atoms with Gasteiger partial charge in [-0.1, -0.05) is 12.1 Å². The number of hydrogen-bond acceptors (Lipinski definition) is 9. The van der Waals surface area contributed by atoms with Crippen LogP contribution in [0.4, 0.5) is 0 Å². The van der Waals surface area contributed by atoms with Crippen LogP contribution in [-0.4, -0.2) is 65.4 Å². The van der Waals surface area contributed by atoms with Crippen LogP contribution < -0.4 is 20.5 Å². The van der Waals surface area contributed by atoms with E-state index in [0.29, 0.717) is 36.8 Å². The average Bonchev–Trinajstić information content (AvgIpc) is 2.97. The highest BCUT2D eigenvalue weighted by molar-refractivity contribution is 6.01. The lowest BCUT2D eigenvalue weighted by Gasteiger charge is -2.30. The summed E-state index contributed by atoms with van der Waals surface area (Å²) in [6, 6.07) is 11.4. The van der Waals surface area contributed by atoms with E-state index in [9.17, 15) is 24.0 Å². The standard InChI is InChI=1S/C28H29N3O9/c29-12-16-1-3-18(4-2-16)27(37)26(30)17-5-7-19(8-6-17)28(38)31-13-21(32)20-9-10-22(39-14-24(33)34)23(11-20)40-15-25(35)36/h1-4,9-11,17,19,26H,5-8,13-15,30H2,(H,31,38)(H,33,34)(H,35,36). The number of aliphatic carboxylic acids is 2. The number of rotatable bonds is 13. The van der Waals surface area contributed by atoms with Crippen LogP contribution in [0.5, 0.6) is 11.5 Å². The lowest BCUT2D eigenvalue weighted by molar-refractivity contribution is -0.140. The molecule has 1 aliphatic rings. The summed E-state index contributed by atoms with van der Waals surface area (Å²) >= 11 is 0. The first-order valence-corrected chi connectivity index (χ1v) is 12.5. The molecule has 12 nitrogen and oxygen atoms in total. The van der Waals surface area contributed by atoms with Crippen molar-refractivity contribution in [2.75, 3.05) is 19.8 Å². The van der Waals surface area contributed by atoms with Gasteiger partial charge in [-0.05, 0) is 61.9 Å². The molecule has 210 valence electrons. The number of nitrogens with one attached hydrogen (secondary N) is 1. The van der Waals surface area contributed by atoms with Crippen molar-refractivity contribution in [1.29, 1.82) is 5.26 Å². The monoisotopic (exact) mass is 551 g/mol. The second kappa shape index (κ2) is 13.9. The molecular formula is C28H29N3O9. The average molecular weight is 552 g/mol. The van der Waals surface area contributed by atoms with E-state index >= 15 is 0 Å². The highest BCUT2D eigenvalue weighted by Gasteiger charge is 2.32. The van der Waals surface area contributed by atoms with Gasteiger partial charge in [0, 0.05) is 17.0 Å². The minimum absolute atomic E-state index is 0.0446. The third-order valence-corrected chi connectivity index (χ3v) is 6.64. The van der Waals surface area contributed by atoms with E-state index in [-0.39, 0.29) is 47.1 Å². The zero-order valence-corrected chi connectivity index (χ0v) is 21.5. The van der Waals surface area contributed by atoms with Crippen LogP contribution in [0.15, 0.2) is 42.5 Å². The number of nitrogens with two attached hydrogens (primary N) is 1. The van der Waals surface area contributed by atoms with Gasteiger partial charge in [0.1, 0.15) is 0 Å². The summed E-state index contributed by atoms with van der Waals surface area (Å²) in [5, 5.41) is 29.2. The Morgan fingerprint density at radius 3 is 2.05 bits per heavy atom. The van der Waals surface area contributed by atoms with Crippen LogP contribution >= 0.6 is 0 Å². The van der Waals surface area contributed by atoms with Crippen LogP contribution in [0.25, 0.3) is 0 Å². The number of ketones is 2. The summed E-state index contributed by atoms with van der Waals surface area (Å²) in [5.74, 6) is -4.12. The molecule has 1 atom stereocenters. The molecule has 0 aliphatic heterocycles. The Morgan fingerprint density at radius 1 is 0.900 bits per heavy atom. The van der Waals surface area contributed by atoms with Gasteiger partial charge in [-0.2, -0.15) is 5.26 Å². The van der Waals surface area contributed by atoms with Gasteiger partial charge in [-0.15, -0.1) is 0 Å². The van der Waals surface area contributed by atoms with Crippen molar-refractivity contribution >= 4 is 29.4 Å². The fraction of sp³-hybridized carbons (Fsp3) is 0.357. The first kappa shape index (κ1) is 29.8. The van der Waals surface area contributed by atoms with E-state index in [1.54, 1.807) is 24.3 Å². The summed E-state index contributed by atoms with van der Waals surface area (Å²) in [4.78, 5) is 59.8. The van der Waals surface area contributed by atoms with Crippen molar-refractivity contribution in [2.24, 2.45) is 17.6 Å². The lowest BCUT2D eigenvalue weighted by Crippen LogP contribution is -2.42. The molecule has 0 spiro atoms. The Morgan fingerprint density at radius 2 is 1.48 bits per heavy atom. The maximum atomic E-state index is 12.8. The predicted molar refractivity (Wildman–Crippen MR) is 139 cm³/mol. The van der Waals surface area contributed by atoms with E-state index < -0.39 is 37.0 Å². The highest BCUT2D eigenvalue weighted by atomic mass is 16.5. The molecule has 0 aromatic heterocycles. The number of amides is 1. The fourth-order valence-corrected chi connectivity index (χ4v) is 4.46. The minimum atomic E-state index is -1.28. The molecule has 5 N–H and O–H groups in total. The minimum Gasteiger partial charge on any atom is -0.479 e. The second-order valence-electron chi connectivity index (χ2n) is 9.36. The van der Waals surface area contributed by atoms with Crippen molar-refractivity contribution in [2.45, 2.75) is 31.7 Å². The molecule has 2 aromatic carbocycles. The summed E-state index contributed by atoms with van der Waals surface area (Å²) < 4.78 is 10.2. The van der Waals surface area contributed by atoms with E-state index in [1.807, 2.05) is 6.07 Å². The molecule has 0 heterocycles. The topological polar surface area (TPSA) is 206 Å². The van der Waals surface area contributed by atoms with E-state index in [2.05, 4.69) is 5.32 Å². The normalized spacial score (nSPS) is 17.1. The number of hydrogen-bond donors (Lipinski definition) is 4. The lowest BCUT2D eigenvalue weighted by atomic mass is 9.76. The molecule has 12 heteroatoms. The van der Waals surface area contributed by atoms with Crippen LogP contribution in [0.3, 0.4) is 0 Å². The maximum absolute atomic E-state index is 12.8. The molecule has 1 amide bonds. The number of carbonyl (C=O) groups is 5. The molecule has 2 aromatic rings. The Kier molecular flexibility index (Phi) is 10.3. The van der Waals surface area contributed by atoms with E-state index in [4.69, 9.17) is 30.7 Å². The number of carbonyl (C=O) groups excluding carboxylic acids is 3. The van der Waals surface area contributed by atoms with Gasteiger partial charge in [-0.25, -0.2) is 9.59 Å². The largest absolute Gasteiger partial charge is 0.479 e. The Labute approximate surface area is 229 Å². The number of nitrogens with zero attached hydrogens (tertiary/aromatic N) is 1. The molecule has 0 saturated heterocycles. The zero-order chi connectivity index (χ0) is 29.2. The SMILES string of the molecule is N#Cc1ccc(C(=O)C(N)C2CCC(C(=O)NCC(=O)c3ccc(OCC(=O)O)c(OCC(=O)O)c3)CC2)cc1. The molecule has 3 rings (SSSR count). The first-order chi connectivity index (χ1) is 19.1. The Bertz CT molecular complexity index is 1310. The van der Waals surface area contributed by atoms with Crippen molar-refractivity contribution in [1.82, 2.24) is 5.32 Å². The number of benzene rings is 2. The highest BCUT2D eigenvalue weighted by Crippen LogP contribution is 2.32. The van der Waals surface area contributed by atoms with Gasteiger partial charge in [0.25, 0.3) is 0 Å². The molecule has 1 unspecified atom stereocenters. The second-order valence-corrected chi connectivity index (χ2v) is 9.36. The van der Waals surface area contributed by atoms with Crippen LogP contribution in [0, 0.1) is 23.2 Å². The van der Waals surface area contributed by atoms with Gasteiger partial charge < -0.3 is 30.7 Å². The maximum Gasteiger partial charge on any atom is 0.341 e. The summed E-state index contributed by atoms with van der Waals surface area (Å²) in [6.07, 6.45) is 2.14. The zero-order valence-electron chi connectivity index (χ0n) is 21.5. The van der Waals surface area contributed by atoms with Crippen LogP contribution in [0.1, 0.15) is 52.0 Å². The summed E-state index contributed by atoms with van der Waals surface area (Å²) in [7, 11) is 0. The smallest absolute Gasteiger partial charge is 0.341 e. The summed E-state index contributed by atoms with van der Waals surface area (Å²) in [5.41, 5.74) is 7.22. The van der Waals surface area contributed by atoms with Gasteiger partial charge in [-0.3, -0.25) is 14.4 Å². The molecule has 1 saturated carbocycles. The molecule has 1 aliphatic carbocycles. The Balaban J connectivity index is 1.52.